The predicted octanol–water partition coefficient (Wildman–Crippen LogP) is 1.04. The van der Waals surface area contributed by atoms with E-state index in [2.05, 4.69) is 15.1 Å². The van der Waals surface area contributed by atoms with Crippen LogP contribution in [0.2, 0.25) is 0 Å². The summed E-state index contributed by atoms with van der Waals surface area (Å²) in [5.41, 5.74) is -0.165. The Labute approximate surface area is 117 Å². The maximum atomic E-state index is 10.7. The van der Waals surface area contributed by atoms with Gasteiger partial charge < -0.3 is 14.3 Å². The van der Waals surface area contributed by atoms with Gasteiger partial charge in [-0.15, -0.1) is 10.2 Å². The molecular formula is C13H21N3O4. The quantitative estimate of drug-likeness (QED) is 0.883. The molecule has 112 valence electrons. The molecule has 1 unspecified atom stereocenters. The van der Waals surface area contributed by atoms with Crippen LogP contribution in [0.25, 0.3) is 0 Å². The van der Waals surface area contributed by atoms with Crippen LogP contribution < -0.4 is 0 Å². The zero-order valence-corrected chi connectivity index (χ0v) is 12.1. The van der Waals surface area contributed by atoms with Crippen molar-refractivity contribution in [3.63, 3.8) is 0 Å². The molecule has 0 saturated carbocycles. The highest BCUT2D eigenvalue weighted by Crippen LogP contribution is 2.21. The summed E-state index contributed by atoms with van der Waals surface area (Å²) in [6.07, 6.45) is -0.251. The molecule has 0 aromatic carbocycles. The molecule has 0 aliphatic carbocycles. The van der Waals surface area contributed by atoms with Crippen LogP contribution in [0.1, 0.15) is 39.0 Å². The molecule has 0 bridgehead atoms. The summed E-state index contributed by atoms with van der Waals surface area (Å²) in [6.45, 7) is 8.41. The Balaban J connectivity index is 1.92. The molecule has 2 rings (SSSR count). The molecule has 1 N–H and O–H groups in total. The highest BCUT2D eigenvalue weighted by atomic mass is 16.5. The third-order valence-corrected chi connectivity index (χ3v) is 3.09. The van der Waals surface area contributed by atoms with Crippen LogP contribution >= 0.6 is 0 Å². The molecule has 0 radical (unpaired) electrons. The van der Waals surface area contributed by atoms with E-state index in [0.717, 1.165) is 6.54 Å². The van der Waals surface area contributed by atoms with Gasteiger partial charge in [0.25, 0.3) is 0 Å². The molecule has 7 heteroatoms. The fourth-order valence-electron chi connectivity index (χ4n) is 2.05. The third kappa shape index (κ3) is 4.01. The number of aliphatic carboxylic acids is 1. The minimum Gasteiger partial charge on any atom is -0.481 e. The van der Waals surface area contributed by atoms with Gasteiger partial charge in [0.05, 0.1) is 25.7 Å². The van der Waals surface area contributed by atoms with Crippen molar-refractivity contribution in [3.05, 3.63) is 11.8 Å². The number of carboxylic acids is 1. The zero-order chi connectivity index (χ0) is 14.8. The topological polar surface area (TPSA) is 88.7 Å². The fraction of sp³-hybridized carbons (Fsp3) is 0.769. The van der Waals surface area contributed by atoms with Crippen LogP contribution in [0, 0.1) is 0 Å². The first-order valence-corrected chi connectivity index (χ1v) is 6.73. The fourth-order valence-corrected chi connectivity index (χ4v) is 2.05. The van der Waals surface area contributed by atoms with Gasteiger partial charge in [-0.3, -0.25) is 9.69 Å². The van der Waals surface area contributed by atoms with Crippen molar-refractivity contribution in [3.8, 4) is 0 Å². The summed E-state index contributed by atoms with van der Waals surface area (Å²) < 4.78 is 11.1. The molecule has 1 aromatic heterocycles. The van der Waals surface area contributed by atoms with Gasteiger partial charge in [0.1, 0.15) is 0 Å². The van der Waals surface area contributed by atoms with E-state index in [1.54, 1.807) is 0 Å². The van der Waals surface area contributed by atoms with Crippen molar-refractivity contribution in [2.24, 2.45) is 0 Å². The first-order chi connectivity index (χ1) is 9.34. The van der Waals surface area contributed by atoms with Crippen LogP contribution in [-0.2, 0) is 21.5 Å². The second-order valence-corrected chi connectivity index (χ2v) is 6.08. The molecule has 1 saturated heterocycles. The Morgan fingerprint density at radius 2 is 2.20 bits per heavy atom. The second-order valence-electron chi connectivity index (χ2n) is 6.08. The van der Waals surface area contributed by atoms with Crippen LogP contribution in [0.15, 0.2) is 4.42 Å². The van der Waals surface area contributed by atoms with Crippen molar-refractivity contribution < 1.29 is 19.1 Å². The SMILES string of the molecule is CC(C)(C)c1nnc(CN2CCOC(CC(=O)O)C2)o1. The maximum Gasteiger partial charge on any atom is 0.306 e. The van der Waals surface area contributed by atoms with Crippen molar-refractivity contribution in [1.29, 1.82) is 0 Å². The monoisotopic (exact) mass is 283 g/mol. The summed E-state index contributed by atoms with van der Waals surface area (Å²) in [7, 11) is 0. The lowest BCUT2D eigenvalue weighted by Crippen LogP contribution is -2.42. The van der Waals surface area contributed by atoms with E-state index < -0.39 is 5.97 Å². The molecule has 20 heavy (non-hydrogen) atoms. The molecule has 1 fully saturated rings. The average molecular weight is 283 g/mol. The first-order valence-electron chi connectivity index (χ1n) is 6.73. The number of hydrogen-bond acceptors (Lipinski definition) is 6. The number of nitrogens with zero attached hydrogens (tertiary/aromatic N) is 3. The average Bonchev–Trinajstić information content (AvgIpc) is 2.76. The Morgan fingerprint density at radius 3 is 2.80 bits per heavy atom. The van der Waals surface area contributed by atoms with Crippen LogP contribution in [-0.4, -0.2) is 52.0 Å². The highest BCUT2D eigenvalue weighted by molar-refractivity contribution is 5.67. The largest absolute Gasteiger partial charge is 0.481 e. The maximum absolute atomic E-state index is 10.7. The standard InChI is InChI=1S/C13H21N3O4/c1-13(2,3)12-15-14-10(20-12)8-16-4-5-19-9(7-16)6-11(17)18/h9H,4-8H2,1-3H3,(H,17,18). The molecule has 7 nitrogen and oxygen atoms in total. The van der Waals surface area contributed by atoms with Crippen LogP contribution in [0.3, 0.4) is 0 Å². The molecule has 1 aliphatic rings. The number of aromatic nitrogens is 2. The molecule has 0 spiro atoms. The minimum atomic E-state index is -0.843. The lowest BCUT2D eigenvalue weighted by molar-refractivity contribution is -0.142. The van der Waals surface area contributed by atoms with Gasteiger partial charge in [0, 0.05) is 18.5 Å². The van der Waals surface area contributed by atoms with E-state index in [1.165, 1.54) is 0 Å². The van der Waals surface area contributed by atoms with Gasteiger partial charge >= 0.3 is 5.97 Å². The number of carbonyl (C=O) groups is 1. The molecular weight excluding hydrogens is 262 g/mol. The number of rotatable bonds is 4. The molecule has 1 aliphatic heterocycles. The third-order valence-electron chi connectivity index (χ3n) is 3.09. The van der Waals surface area contributed by atoms with E-state index >= 15 is 0 Å². The summed E-state index contributed by atoms with van der Waals surface area (Å²) in [5.74, 6) is 0.332. The van der Waals surface area contributed by atoms with Gasteiger partial charge in [0.15, 0.2) is 0 Å². The Bertz CT molecular complexity index is 466. The number of hydrogen-bond donors (Lipinski definition) is 1. The van der Waals surface area contributed by atoms with Gasteiger partial charge in [-0.2, -0.15) is 0 Å². The van der Waals surface area contributed by atoms with Gasteiger partial charge in [-0.05, 0) is 0 Å². The van der Waals surface area contributed by atoms with E-state index in [-0.39, 0.29) is 17.9 Å². The Hall–Kier alpha value is -1.47. The summed E-state index contributed by atoms with van der Waals surface area (Å²) >= 11 is 0. The van der Waals surface area contributed by atoms with Gasteiger partial charge in [0.2, 0.25) is 11.8 Å². The number of morpholine rings is 1. The Kier molecular flexibility index (Phi) is 4.39. The van der Waals surface area contributed by atoms with Crippen molar-refractivity contribution in [2.75, 3.05) is 19.7 Å². The number of carboxylic acid groups (broad SMARTS) is 1. The summed E-state index contributed by atoms with van der Waals surface area (Å²) in [6, 6.07) is 0. The lowest BCUT2D eigenvalue weighted by atomic mass is 9.97. The molecule has 0 amide bonds. The smallest absolute Gasteiger partial charge is 0.306 e. The molecule has 1 atom stereocenters. The Morgan fingerprint density at radius 1 is 1.45 bits per heavy atom. The van der Waals surface area contributed by atoms with Gasteiger partial charge in [-0.1, -0.05) is 20.8 Å². The molecule has 1 aromatic rings. The first kappa shape index (κ1) is 14.9. The van der Waals surface area contributed by atoms with Crippen LogP contribution in [0.4, 0.5) is 0 Å². The van der Waals surface area contributed by atoms with E-state index in [4.69, 9.17) is 14.3 Å². The normalized spacial score (nSPS) is 21.1. The van der Waals surface area contributed by atoms with Crippen molar-refractivity contribution in [2.45, 2.75) is 45.3 Å². The lowest BCUT2D eigenvalue weighted by Gasteiger charge is -2.31. The second kappa shape index (κ2) is 5.88. The zero-order valence-electron chi connectivity index (χ0n) is 12.1. The van der Waals surface area contributed by atoms with E-state index in [9.17, 15) is 4.79 Å². The van der Waals surface area contributed by atoms with Crippen molar-refractivity contribution >= 4 is 5.97 Å². The van der Waals surface area contributed by atoms with Crippen LogP contribution in [0.5, 0.6) is 0 Å². The van der Waals surface area contributed by atoms with Gasteiger partial charge in [-0.25, -0.2) is 0 Å². The summed E-state index contributed by atoms with van der Waals surface area (Å²) in [5, 5.41) is 16.9. The highest BCUT2D eigenvalue weighted by Gasteiger charge is 2.25. The van der Waals surface area contributed by atoms with E-state index in [1.807, 2.05) is 20.8 Å². The number of ether oxygens (including phenoxy) is 1. The van der Waals surface area contributed by atoms with Crippen molar-refractivity contribution in [1.82, 2.24) is 15.1 Å². The summed E-state index contributed by atoms with van der Waals surface area (Å²) in [4.78, 5) is 12.8. The predicted molar refractivity (Wildman–Crippen MR) is 70.3 cm³/mol. The minimum absolute atomic E-state index is 0.0214. The van der Waals surface area contributed by atoms with E-state index in [0.29, 0.717) is 31.5 Å². The molecule has 2 heterocycles.